The van der Waals surface area contributed by atoms with Gasteiger partial charge in [-0.05, 0) is 6.92 Å². The normalized spacial score (nSPS) is 21.1. The summed E-state index contributed by atoms with van der Waals surface area (Å²) in [6.45, 7) is 4.94. The van der Waals surface area contributed by atoms with Crippen molar-refractivity contribution >= 4 is 5.95 Å². The first-order chi connectivity index (χ1) is 7.31. The Morgan fingerprint density at radius 3 is 2.87 bits per heavy atom. The van der Waals surface area contributed by atoms with Gasteiger partial charge in [0.05, 0.1) is 18.0 Å². The van der Waals surface area contributed by atoms with Gasteiger partial charge < -0.3 is 10.2 Å². The van der Waals surface area contributed by atoms with Gasteiger partial charge in [-0.25, -0.2) is 9.97 Å². The Morgan fingerprint density at radius 2 is 2.27 bits per heavy atom. The largest absolute Gasteiger partial charge is 0.336 e. The van der Waals surface area contributed by atoms with E-state index >= 15 is 0 Å². The third kappa shape index (κ3) is 2.05. The molecule has 2 rings (SSSR count). The van der Waals surface area contributed by atoms with E-state index in [1.807, 2.05) is 6.07 Å². The summed E-state index contributed by atoms with van der Waals surface area (Å²) in [5.74, 6) is 0.711. The van der Waals surface area contributed by atoms with E-state index in [2.05, 4.69) is 27.1 Å². The number of hydrogen-bond donors (Lipinski definition) is 1. The molecular weight excluding hydrogens is 190 g/mol. The predicted octanol–water partition coefficient (Wildman–Crippen LogP) is 0.146. The zero-order valence-electron chi connectivity index (χ0n) is 8.64. The van der Waals surface area contributed by atoms with E-state index in [0.29, 0.717) is 17.6 Å². The lowest BCUT2D eigenvalue weighted by molar-refractivity contribution is 0.493. The van der Waals surface area contributed by atoms with Gasteiger partial charge in [-0.3, -0.25) is 0 Å². The summed E-state index contributed by atoms with van der Waals surface area (Å²) in [5, 5.41) is 11.9. The van der Waals surface area contributed by atoms with E-state index in [1.165, 1.54) is 0 Å². The van der Waals surface area contributed by atoms with Gasteiger partial charge in [0.15, 0.2) is 0 Å². The molecule has 5 heteroatoms. The summed E-state index contributed by atoms with van der Waals surface area (Å²) in [4.78, 5) is 10.5. The van der Waals surface area contributed by atoms with Crippen molar-refractivity contribution in [1.82, 2.24) is 15.3 Å². The fourth-order valence-electron chi connectivity index (χ4n) is 1.67. The Labute approximate surface area is 88.8 Å². The van der Waals surface area contributed by atoms with Crippen LogP contribution < -0.4 is 10.2 Å². The van der Waals surface area contributed by atoms with E-state index in [0.717, 1.165) is 19.6 Å². The van der Waals surface area contributed by atoms with E-state index in [-0.39, 0.29) is 0 Å². The molecule has 1 N–H and O–H groups in total. The zero-order chi connectivity index (χ0) is 10.7. The van der Waals surface area contributed by atoms with Crippen molar-refractivity contribution < 1.29 is 0 Å². The first-order valence-electron chi connectivity index (χ1n) is 5.01. The second-order valence-electron chi connectivity index (χ2n) is 3.63. The standard InChI is InChI=1S/C10H13N5/c1-8-5-12-2-3-15(8)10-13-6-9(4-11)7-14-10/h6-8,12H,2-3,5H2,1H3/t8-/m1/s1. The molecule has 78 valence electrons. The summed E-state index contributed by atoms with van der Waals surface area (Å²) >= 11 is 0. The summed E-state index contributed by atoms with van der Waals surface area (Å²) < 4.78 is 0. The number of piperazine rings is 1. The van der Waals surface area contributed by atoms with Gasteiger partial charge in [-0.2, -0.15) is 5.26 Å². The van der Waals surface area contributed by atoms with Crippen molar-refractivity contribution in [2.24, 2.45) is 0 Å². The topological polar surface area (TPSA) is 64.8 Å². The third-order valence-corrected chi connectivity index (χ3v) is 2.53. The van der Waals surface area contributed by atoms with Crippen LogP contribution in [-0.4, -0.2) is 35.6 Å². The van der Waals surface area contributed by atoms with Gasteiger partial charge in [-0.15, -0.1) is 0 Å². The fourth-order valence-corrected chi connectivity index (χ4v) is 1.67. The van der Waals surface area contributed by atoms with Gasteiger partial charge in [0, 0.05) is 25.7 Å². The molecule has 0 bridgehead atoms. The van der Waals surface area contributed by atoms with Crippen molar-refractivity contribution in [3.05, 3.63) is 18.0 Å². The van der Waals surface area contributed by atoms with Crippen LogP contribution in [-0.2, 0) is 0 Å². The molecule has 0 saturated carbocycles. The number of nitriles is 1. The number of nitrogens with one attached hydrogen (secondary N) is 1. The molecule has 1 aliphatic rings. The van der Waals surface area contributed by atoms with Crippen molar-refractivity contribution in [2.75, 3.05) is 24.5 Å². The Hall–Kier alpha value is -1.67. The molecule has 15 heavy (non-hydrogen) atoms. The van der Waals surface area contributed by atoms with E-state index < -0.39 is 0 Å². The fraction of sp³-hybridized carbons (Fsp3) is 0.500. The van der Waals surface area contributed by atoms with Gasteiger partial charge in [-0.1, -0.05) is 0 Å². The Balaban J connectivity index is 2.18. The second-order valence-corrected chi connectivity index (χ2v) is 3.63. The third-order valence-electron chi connectivity index (χ3n) is 2.53. The number of hydrogen-bond acceptors (Lipinski definition) is 5. The molecule has 1 atom stereocenters. The van der Waals surface area contributed by atoms with Crippen LogP contribution in [0.5, 0.6) is 0 Å². The van der Waals surface area contributed by atoms with Crippen molar-refractivity contribution in [3.63, 3.8) is 0 Å². The minimum Gasteiger partial charge on any atom is -0.336 e. The van der Waals surface area contributed by atoms with E-state index in [1.54, 1.807) is 12.4 Å². The summed E-state index contributed by atoms with van der Waals surface area (Å²) in [5.41, 5.74) is 0.501. The molecule has 0 aromatic carbocycles. The lowest BCUT2D eigenvalue weighted by Gasteiger charge is -2.33. The van der Waals surface area contributed by atoms with Gasteiger partial charge in [0.2, 0.25) is 5.95 Å². The summed E-state index contributed by atoms with van der Waals surface area (Å²) in [6, 6.07) is 2.41. The molecule has 1 fully saturated rings. The van der Waals surface area contributed by atoms with Crippen molar-refractivity contribution in [1.29, 1.82) is 5.26 Å². The number of aromatic nitrogens is 2. The first-order valence-corrected chi connectivity index (χ1v) is 5.01. The van der Waals surface area contributed by atoms with Crippen molar-refractivity contribution in [3.8, 4) is 6.07 Å². The lowest BCUT2D eigenvalue weighted by atomic mass is 10.2. The Bertz CT molecular complexity index is 366. The van der Waals surface area contributed by atoms with Gasteiger partial charge in [0.25, 0.3) is 0 Å². The number of rotatable bonds is 1. The highest BCUT2D eigenvalue weighted by Gasteiger charge is 2.19. The molecular formula is C10H13N5. The zero-order valence-corrected chi connectivity index (χ0v) is 8.64. The van der Waals surface area contributed by atoms with Crippen LogP contribution in [0, 0.1) is 11.3 Å². The minimum absolute atomic E-state index is 0.395. The Morgan fingerprint density at radius 1 is 1.53 bits per heavy atom. The van der Waals surface area contributed by atoms with Crippen LogP contribution in [0.15, 0.2) is 12.4 Å². The maximum Gasteiger partial charge on any atom is 0.225 e. The number of anilines is 1. The van der Waals surface area contributed by atoms with Crippen LogP contribution in [0.4, 0.5) is 5.95 Å². The highest BCUT2D eigenvalue weighted by atomic mass is 15.3. The molecule has 0 unspecified atom stereocenters. The van der Waals surface area contributed by atoms with E-state index in [9.17, 15) is 0 Å². The number of nitrogens with zero attached hydrogens (tertiary/aromatic N) is 4. The lowest BCUT2D eigenvalue weighted by Crippen LogP contribution is -2.50. The predicted molar refractivity (Wildman–Crippen MR) is 56.4 cm³/mol. The van der Waals surface area contributed by atoms with Crippen LogP contribution in [0.1, 0.15) is 12.5 Å². The molecule has 0 aliphatic carbocycles. The maximum atomic E-state index is 8.64. The van der Waals surface area contributed by atoms with Crippen LogP contribution in [0.3, 0.4) is 0 Å². The van der Waals surface area contributed by atoms with Crippen molar-refractivity contribution in [2.45, 2.75) is 13.0 Å². The second kappa shape index (κ2) is 4.24. The van der Waals surface area contributed by atoms with Crippen LogP contribution in [0.2, 0.25) is 0 Å². The Kier molecular flexibility index (Phi) is 2.79. The smallest absolute Gasteiger partial charge is 0.225 e. The van der Waals surface area contributed by atoms with Gasteiger partial charge in [0.1, 0.15) is 6.07 Å². The monoisotopic (exact) mass is 203 g/mol. The molecule has 2 heterocycles. The average molecular weight is 203 g/mol. The first kappa shape index (κ1) is 9.87. The quantitative estimate of drug-likeness (QED) is 0.703. The van der Waals surface area contributed by atoms with Gasteiger partial charge >= 0.3 is 0 Å². The summed E-state index contributed by atoms with van der Waals surface area (Å²) in [6.07, 6.45) is 3.13. The average Bonchev–Trinajstić information content (AvgIpc) is 2.30. The molecule has 1 aromatic heterocycles. The molecule has 0 spiro atoms. The summed E-state index contributed by atoms with van der Waals surface area (Å²) in [7, 11) is 0. The maximum absolute atomic E-state index is 8.64. The molecule has 1 saturated heterocycles. The molecule has 1 aliphatic heterocycles. The van der Waals surface area contributed by atoms with Crippen LogP contribution >= 0.6 is 0 Å². The minimum atomic E-state index is 0.395. The molecule has 5 nitrogen and oxygen atoms in total. The molecule has 0 amide bonds. The highest BCUT2D eigenvalue weighted by molar-refractivity contribution is 5.35. The van der Waals surface area contributed by atoms with Crippen LogP contribution in [0.25, 0.3) is 0 Å². The highest BCUT2D eigenvalue weighted by Crippen LogP contribution is 2.11. The molecule has 1 aromatic rings. The van der Waals surface area contributed by atoms with E-state index in [4.69, 9.17) is 5.26 Å². The molecule has 0 radical (unpaired) electrons. The SMILES string of the molecule is C[C@@H]1CNCCN1c1ncc(C#N)cn1.